The van der Waals surface area contributed by atoms with Crippen LogP contribution in [0.2, 0.25) is 5.02 Å². The van der Waals surface area contributed by atoms with E-state index in [2.05, 4.69) is 20.7 Å². The van der Waals surface area contributed by atoms with Gasteiger partial charge < -0.3 is 10.1 Å². The van der Waals surface area contributed by atoms with Gasteiger partial charge >= 0.3 is 5.97 Å². The molecule has 3 aromatic rings. The highest BCUT2D eigenvalue weighted by molar-refractivity contribution is 6.30. The van der Waals surface area contributed by atoms with Crippen LogP contribution in [-0.2, 0) is 19.1 Å². The molecule has 0 spiro atoms. The van der Waals surface area contributed by atoms with Gasteiger partial charge in [-0.1, -0.05) is 30.7 Å². The Morgan fingerprint density at radius 3 is 2.64 bits per heavy atom. The van der Waals surface area contributed by atoms with Gasteiger partial charge in [0.15, 0.2) is 12.1 Å². The standard InChI is InChI=1S/C22H21ClN6O4/c1-3-17(29-26-20(25-27-29)14-8-10-15(23)11-9-14)22(32)33-13(2)21(31)28-12-19(30)24-16-6-4-5-7-18(16)28/h4-11,13,17H,3,12H2,1-2H3,(H,24,30)/t13-,17+/m0/s1. The molecule has 2 heterocycles. The van der Waals surface area contributed by atoms with Gasteiger partial charge in [0.25, 0.3) is 5.91 Å². The summed E-state index contributed by atoms with van der Waals surface area (Å²) in [6.07, 6.45) is -0.796. The van der Waals surface area contributed by atoms with Crippen molar-refractivity contribution >= 4 is 40.8 Å². The maximum atomic E-state index is 13.0. The SMILES string of the molecule is CC[C@H](C(=O)O[C@@H](C)C(=O)N1CC(=O)Nc2ccccc21)n1nnc(-c2ccc(Cl)cc2)n1. The number of rotatable bonds is 6. The molecule has 11 heteroatoms. The zero-order chi connectivity index (χ0) is 23.5. The molecule has 1 N–H and O–H groups in total. The molecule has 4 rings (SSSR count). The lowest BCUT2D eigenvalue weighted by atomic mass is 10.1. The number of halogens is 1. The van der Waals surface area contributed by atoms with Crippen LogP contribution in [0.15, 0.2) is 48.5 Å². The zero-order valence-electron chi connectivity index (χ0n) is 17.9. The lowest BCUT2D eigenvalue weighted by Gasteiger charge is -2.31. The molecule has 1 aliphatic heterocycles. The van der Waals surface area contributed by atoms with Gasteiger partial charge in [-0.25, -0.2) is 4.79 Å². The number of nitrogens with one attached hydrogen (secondary N) is 1. The van der Waals surface area contributed by atoms with Crippen molar-refractivity contribution in [2.75, 3.05) is 16.8 Å². The monoisotopic (exact) mass is 468 g/mol. The van der Waals surface area contributed by atoms with Gasteiger partial charge in [-0.05, 0) is 55.0 Å². The van der Waals surface area contributed by atoms with Crippen molar-refractivity contribution < 1.29 is 19.1 Å². The van der Waals surface area contributed by atoms with E-state index in [4.69, 9.17) is 16.3 Å². The summed E-state index contributed by atoms with van der Waals surface area (Å²) in [5.41, 5.74) is 1.76. The molecule has 0 saturated heterocycles. The van der Waals surface area contributed by atoms with Gasteiger partial charge in [-0.15, -0.1) is 15.0 Å². The summed E-state index contributed by atoms with van der Waals surface area (Å²) in [5.74, 6) is -1.17. The van der Waals surface area contributed by atoms with E-state index in [0.29, 0.717) is 34.2 Å². The summed E-state index contributed by atoms with van der Waals surface area (Å²) in [4.78, 5) is 40.4. The van der Waals surface area contributed by atoms with Crippen LogP contribution in [0.1, 0.15) is 26.3 Å². The van der Waals surface area contributed by atoms with Gasteiger partial charge in [-0.3, -0.25) is 14.5 Å². The molecule has 1 aromatic heterocycles. The minimum atomic E-state index is -1.12. The lowest BCUT2D eigenvalue weighted by Crippen LogP contribution is -2.47. The number of tetrazole rings is 1. The Morgan fingerprint density at radius 1 is 1.18 bits per heavy atom. The van der Waals surface area contributed by atoms with E-state index >= 15 is 0 Å². The number of hydrogen-bond acceptors (Lipinski definition) is 7. The first-order valence-electron chi connectivity index (χ1n) is 10.3. The number of fused-ring (bicyclic) bond motifs is 1. The molecule has 0 fully saturated rings. The van der Waals surface area contributed by atoms with E-state index in [-0.39, 0.29) is 12.5 Å². The Morgan fingerprint density at radius 2 is 1.91 bits per heavy atom. The van der Waals surface area contributed by atoms with Crippen molar-refractivity contribution in [3.63, 3.8) is 0 Å². The van der Waals surface area contributed by atoms with E-state index in [1.165, 1.54) is 16.6 Å². The number of amides is 2. The molecule has 0 unspecified atom stereocenters. The van der Waals surface area contributed by atoms with Gasteiger partial charge in [0.1, 0.15) is 6.54 Å². The Hall–Kier alpha value is -3.79. The van der Waals surface area contributed by atoms with Crippen molar-refractivity contribution in [1.82, 2.24) is 20.2 Å². The number of carbonyl (C=O) groups excluding carboxylic acids is 3. The summed E-state index contributed by atoms with van der Waals surface area (Å²) < 4.78 is 5.45. The van der Waals surface area contributed by atoms with E-state index in [9.17, 15) is 14.4 Å². The number of hydrogen-bond donors (Lipinski definition) is 1. The summed E-state index contributed by atoms with van der Waals surface area (Å²) in [5, 5.41) is 15.6. The van der Waals surface area contributed by atoms with Crippen molar-refractivity contribution in [2.24, 2.45) is 0 Å². The predicted molar refractivity (Wildman–Crippen MR) is 121 cm³/mol. The maximum absolute atomic E-state index is 13.0. The van der Waals surface area contributed by atoms with Crippen LogP contribution in [0.5, 0.6) is 0 Å². The number of para-hydroxylation sites is 2. The first-order chi connectivity index (χ1) is 15.9. The normalized spacial score (nSPS) is 14.8. The highest BCUT2D eigenvalue weighted by atomic mass is 35.5. The Kier molecular flexibility index (Phi) is 6.36. The van der Waals surface area contributed by atoms with Gasteiger partial charge in [0.05, 0.1) is 11.4 Å². The fourth-order valence-electron chi connectivity index (χ4n) is 3.45. The molecule has 2 aromatic carbocycles. The Labute approximate surface area is 194 Å². The predicted octanol–water partition coefficient (Wildman–Crippen LogP) is 2.86. The minimum Gasteiger partial charge on any atom is -0.451 e. The van der Waals surface area contributed by atoms with Crippen LogP contribution < -0.4 is 10.2 Å². The molecule has 1 aliphatic rings. The number of esters is 1. The number of nitrogens with zero attached hydrogens (tertiary/aromatic N) is 5. The fraction of sp³-hybridized carbons (Fsp3) is 0.273. The van der Waals surface area contributed by atoms with E-state index < -0.39 is 24.0 Å². The van der Waals surface area contributed by atoms with Crippen LogP contribution in [0.25, 0.3) is 11.4 Å². The smallest absolute Gasteiger partial charge is 0.333 e. The van der Waals surface area contributed by atoms with E-state index in [1.54, 1.807) is 55.5 Å². The van der Waals surface area contributed by atoms with Crippen molar-refractivity contribution in [2.45, 2.75) is 32.4 Å². The largest absolute Gasteiger partial charge is 0.451 e. The third-order valence-corrected chi connectivity index (χ3v) is 5.40. The molecule has 2 amide bonds. The molecule has 2 atom stereocenters. The summed E-state index contributed by atoms with van der Waals surface area (Å²) in [7, 11) is 0. The number of aromatic nitrogens is 4. The summed E-state index contributed by atoms with van der Waals surface area (Å²) >= 11 is 5.91. The third kappa shape index (κ3) is 4.70. The molecule has 0 bridgehead atoms. The average Bonchev–Trinajstić information content (AvgIpc) is 3.28. The molecule has 0 saturated carbocycles. The van der Waals surface area contributed by atoms with Crippen LogP contribution in [0, 0.1) is 0 Å². The number of benzene rings is 2. The minimum absolute atomic E-state index is 0.163. The first kappa shape index (κ1) is 22.4. The Balaban J connectivity index is 1.47. The quantitative estimate of drug-likeness (QED) is 0.552. The van der Waals surface area contributed by atoms with Crippen molar-refractivity contribution in [1.29, 1.82) is 0 Å². The van der Waals surface area contributed by atoms with Gasteiger partial charge in [0.2, 0.25) is 11.7 Å². The lowest BCUT2D eigenvalue weighted by molar-refractivity contribution is -0.158. The molecule has 33 heavy (non-hydrogen) atoms. The molecular weight excluding hydrogens is 448 g/mol. The van der Waals surface area contributed by atoms with Crippen LogP contribution in [0.4, 0.5) is 11.4 Å². The highest BCUT2D eigenvalue weighted by Gasteiger charge is 2.33. The first-order valence-corrected chi connectivity index (χ1v) is 10.7. The van der Waals surface area contributed by atoms with Gasteiger partial charge in [0, 0.05) is 10.6 Å². The van der Waals surface area contributed by atoms with E-state index in [0.717, 1.165) is 0 Å². The molecular formula is C22H21ClN6O4. The second-order valence-corrected chi connectivity index (χ2v) is 7.87. The van der Waals surface area contributed by atoms with Crippen molar-refractivity contribution in [3.05, 3.63) is 53.6 Å². The summed E-state index contributed by atoms with van der Waals surface area (Å²) in [6.45, 7) is 3.08. The van der Waals surface area contributed by atoms with E-state index in [1.807, 2.05) is 0 Å². The van der Waals surface area contributed by atoms with Crippen LogP contribution in [-0.4, -0.2) is 50.6 Å². The van der Waals surface area contributed by atoms with Gasteiger partial charge in [-0.2, -0.15) is 0 Å². The number of ether oxygens (including phenoxy) is 1. The number of carbonyl (C=O) groups is 3. The fourth-order valence-corrected chi connectivity index (χ4v) is 3.57. The summed E-state index contributed by atoms with van der Waals surface area (Å²) in [6, 6.07) is 13.0. The maximum Gasteiger partial charge on any atom is 0.333 e. The molecule has 0 aliphatic carbocycles. The van der Waals surface area contributed by atoms with Crippen LogP contribution in [0.3, 0.4) is 0 Å². The average molecular weight is 469 g/mol. The molecule has 0 radical (unpaired) electrons. The number of anilines is 2. The molecule has 10 nitrogen and oxygen atoms in total. The third-order valence-electron chi connectivity index (χ3n) is 5.15. The highest BCUT2D eigenvalue weighted by Crippen LogP contribution is 2.29. The van der Waals surface area contributed by atoms with Crippen molar-refractivity contribution in [3.8, 4) is 11.4 Å². The zero-order valence-corrected chi connectivity index (χ0v) is 18.7. The van der Waals surface area contributed by atoms with Crippen LogP contribution >= 0.6 is 11.6 Å². The second-order valence-electron chi connectivity index (χ2n) is 7.43. The Bertz CT molecular complexity index is 1200. The molecule has 170 valence electrons. The topological polar surface area (TPSA) is 119 Å². The second kappa shape index (κ2) is 9.37.